The number of halogens is 1. The molecule has 0 saturated carbocycles. The molecule has 0 amide bonds. The fourth-order valence-corrected chi connectivity index (χ4v) is 2.43. The van der Waals surface area contributed by atoms with Crippen LogP contribution in [0.3, 0.4) is 0 Å². The molecule has 0 aliphatic rings. The highest BCUT2D eigenvalue weighted by molar-refractivity contribution is 6.31. The molecule has 0 fully saturated rings. The number of carbonyl (C=O) groups excluding carboxylic acids is 1. The topological polar surface area (TPSA) is 17.1 Å². The highest BCUT2D eigenvalue weighted by atomic mass is 35.5. The maximum Gasteiger partial charge on any atom is 0.167 e. The largest absolute Gasteiger partial charge is 0.294 e. The van der Waals surface area contributed by atoms with Crippen molar-refractivity contribution in [1.82, 2.24) is 0 Å². The standard InChI is InChI=1S/C19H21ClO/c1-4-19(2,3)16-11-9-14(10-12-16)18(21)13-15-7-5-6-8-17(15)20/h5-12H,4,13H2,1-3H3. The summed E-state index contributed by atoms with van der Waals surface area (Å²) in [6.07, 6.45) is 1.41. The molecule has 1 nitrogen and oxygen atoms in total. The average Bonchev–Trinajstić information content (AvgIpc) is 2.49. The fourth-order valence-electron chi connectivity index (χ4n) is 2.23. The molecule has 0 spiro atoms. The van der Waals surface area contributed by atoms with Crippen LogP contribution >= 0.6 is 11.6 Å². The van der Waals surface area contributed by atoms with E-state index in [9.17, 15) is 4.79 Å². The third-order valence-electron chi connectivity index (χ3n) is 4.18. The molecule has 21 heavy (non-hydrogen) atoms. The Bertz CT molecular complexity index is 626. The van der Waals surface area contributed by atoms with E-state index in [0.717, 1.165) is 17.5 Å². The Balaban J connectivity index is 2.16. The molecule has 110 valence electrons. The number of rotatable bonds is 5. The van der Waals surface area contributed by atoms with E-state index < -0.39 is 0 Å². The molecule has 0 N–H and O–H groups in total. The van der Waals surface area contributed by atoms with Gasteiger partial charge in [-0.2, -0.15) is 0 Å². The molecule has 0 atom stereocenters. The summed E-state index contributed by atoms with van der Waals surface area (Å²) in [5.41, 5.74) is 3.02. The lowest BCUT2D eigenvalue weighted by atomic mass is 9.82. The van der Waals surface area contributed by atoms with Crippen molar-refractivity contribution in [3.8, 4) is 0 Å². The first kappa shape index (κ1) is 15.8. The Morgan fingerprint density at radius 1 is 1.05 bits per heavy atom. The summed E-state index contributed by atoms with van der Waals surface area (Å²) in [4.78, 5) is 12.3. The van der Waals surface area contributed by atoms with Crippen LogP contribution < -0.4 is 0 Å². The zero-order valence-electron chi connectivity index (χ0n) is 12.8. The van der Waals surface area contributed by atoms with Gasteiger partial charge in [0.1, 0.15) is 0 Å². The van der Waals surface area contributed by atoms with Gasteiger partial charge >= 0.3 is 0 Å². The summed E-state index contributed by atoms with van der Waals surface area (Å²) >= 11 is 6.11. The third-order valence-corrected chi connectivity index (χ3v) is 4.55. The van der Waals surface area contributed by atoms with Crippen LogP contribution in [0.15, 0.2) is 48.5 Å². The molecule has 2 aromatic carbocycles. The first-order valence-electron chi connectivity index (χ1n) is 7.31. The van der Waals surface area contributed by atoms with Gasteiger partial charge in [0.25, 0.3) is 0 Å². The van der Waals surface area contributed by atoms with Crippen molar-refractivity contribution in [2.45, 2.75) is 39.0 Å². The average molecular weight is 301 g/mol. The molecular formula is C19H21ClO. The minimum Gasteiger partial charge on any atom is -0.294 e. The van der Waals surface area contributed by atoms with E-state index in [0.29, 0.717) is 11.4 Å². The Hall–Kier alpha value is -1.60. The van der Waals surface area contributed by atoms with Gasteiger partial charge in [0, 0.05) is 17.0 Å². The Morgan fingerprint density at radius 3 is 2.24 bits per heavy atom. The van der Waals surface area contributed by atoms with Crippen molar-refractivity contribution in [3.63, 3.8) is 0 Å². The van der Waals surface area contributed by atoms with Crippen molar-refractivity contribution < 1.29 is 4.79 Å². The second-order valence-electron chi connectivity index (χ2n) is 6.01. The number of ketones is 1. The van der Waals surface area contributed by atoms with Crippen LogP contribution in [0.2, 0.25) is 5.02 Å². The van der Waals surface area contributed by atoms with Crippen LogP contribution in [0.25, 0.3) is 0 Å². The summed E-state index contributed by atoms with van der Waals surface area (Å²) in [5, 5.41) is 0.648. The quantitative estimate of drug-likeness (QED) is 0.671. The number of hydrogen-bond acceptors (Lipinski definition) is 1. The van der Waals surface area contributed by atoms with Crippen LogP contribution in [0, 0.1) is 0 Å². The van der Waals surface area contributed by atoms with Crippen molar-refractivity contribution in [3.05, 3.63) is 70.2 Å². The van der Waals surface area contributed by atoms with Gasteiger partial charge in [-0.05, 0) is 29.0 Å². The highest BCUT2D eigenvalue weighted by Gasteiger charge is 2.18. The van der Waals surface area contributed by atoms with Gasteiger partial charge in [-0.3, -0.25) is 4.79 Å². The van der Waals surface area contributed by atoms with Gasteiger partial charge < -0.3 is 0 Å². The van der Waals surface area contributed by atoms with Crippen LogP contribution in [-0.2, 0) is 11.8 Å². The van der Waals surface area contributed by atoms with Gasteiger partial charge in [0.05, 0.1) is 0 Å². The normalized spacial score (nSPS) is 11.4. The minimum atomic E-state index is 0.101. The zero-order valence-corrected chi connectivity index (χ0v) is 13.6. The van der Waals surface area contributed by atoms with Crippen LogP contribution in [0.1, 0.15) is 48.7 Å². The smallest absolute Gasteiger partial charge is 0.167 e. The number of benzene rings is 2. The molecule has 0 saturated heterocycles. The van der Waals surface area contributed by atoms with Gasteiger partial charge in [-0.25, -0.2) is 0 Å². The molecule has 0 aliphatic carbocycles. The molecule has 0 heterocycles. The first-order chi connectivity index (χ1) is 9.94. The van der Waals surface area contributed by atoms with E-state index in [1.165, 1.54) is 5.56 Å². The van der Waals surface area contributed by atoms with E-state index in [2.05, 4.69) is 32.9 Å². The van der Waals surface area contributed by atoms with E-state index in [-0.39, 0.29) is 11.2 Å². The van der Waals surface area contributed by atoms with Crippen molar-refractivity contribution in [2.75, 3.05) is 0 Å². The first-order valence-corrected chi connectivity index (χ1v) is 7.69. The van der Waals surface area contributed by atoms with Crippen LogP contribution in [0.4, 0.5) is 0 Å². The maximum absolute atomic E-state index is 12.3. The number of Topliss-reactive ketones (excluding diaryl/α,β-unsaturated/α-hetero) is 1. The van der Waals surface area contributed by atoms with E-state index in [1.54, 1.807) is 0 Å². The van der Waals surface area contributed by atoms with Gasteiger partial charge in [-0.1, -0.05) is 74.8 Å². The van der Waals surface area contributed by atoms with Gasteiger partial charge in [0.2, 0.25) is 0 Å². The zero-order chi connectivity index (χ0) is 15.5. The van der Waals surface area contributed by atoms with Gasteiger partial charge in [-0.15, -0.1) is 0 Å². The maximum atomic E-state index is 12.3. The monoisotopic (exact) mass is 300 g/mol. The second kappa shape index (κ2) is 6.44. The lowest BCUT2D eigenvalue weighted by molar-refractivity contribution is 0.0993. The number of hydrogen-bond donors (Lipinski definition) is 0. The minimum absolute atomic E-state index is 0.101. The molecule has 0 bridgehead atoms. The van der Waals surface area contributed by atoms with Gasteiger partial charge in [0.15, 0.2) is 5.78 Å². The fraction of sp³-hybridized carbons (Fsp3) is 0.316. The molecular weight excluding hydrogens is 280 g/mol. The lowest BCUT2D eigenvalue weighted by Gasteiger charge is -2.23. The molecule has 2 aromatic rings. The highest BCUT2D eigenvalue weighted by Crippen LogP contribution is 2.27. The van der Waals surface area contributed by atoms with Crippen molar-refractivity contribution in [1.29, 1.82) is 0 Å². The molecule has 0 radical (unpaired) electrons. The molecule has 0 aromatic heterocycles. The summed E-state index contributed by atoms with van der Waals surface area (Å²) in [6.45, 7) is 6.61. The summed E-state index contributed by atoms with van der Waals surface area (Å²) in [5.74, 6) is 0.101. The molecule has 2 rings (SSSR count). The van der Waals surface area contributed by atoms with E-state index in [1.807, 2.05) is 36.4 Å². The Morgan fingerprint density at radius 2 is 1.67 bits per heavy atom. The summed E-state index contributed by atoms with van der Waals surface area (Å²) < 4.78 is 0. The summed E-state index contributed by atoms with van der Waals surface area (Å²) in [7, 11) is 0. The molecule has 0 unspecified atom stereocenters. The number of carbonyl (C=O) groups is 1. The third kappa shape index (κ3) is 3.74. The second-order valence-corrected chi connectivity index (χ2v) is 6.41. The summed E-state index contributed by atoms with van der Waals surface area (Å²) in [6, 6.07) is 15.5. The van der Waals surface area contributed by atoms with E-state index in [4.69, 9.17) is 11.6 Å². The predicted octanol–water partition coefficient (Wildman–Crippen LogP) is 5.45. The molecule has 0 aliphatic heterocycles. The van der Waals surface area contributed by atoms with Crippen LogP contribution in [0.5, 0.6) is 0 Å². The lowest BCUT2D eigenvalue weighted by Crippen LogP contribution is -2.15. The van der Waals surface area contributed by atoms with Crippen molar-refractivity contribution in [2.24, 2.45) is 0 Å². The SMILES string of the molecule is CCC(C)(C)c1ccc(C(=O)Cc2ccccc2Cl)cc1. The Kier molecular flexibility index (Phi) is 4.84. The Labute approximate surface area is 132 Å². The predicted molar refractivity (Wildman–Crippen MR) is 89.2 cm³/mol. The molecule has 2 heteroatoms. The van der Waals surface area contributed by atoms with E-state index >= 15 is 0 Å². The van der Waals surface area contributed by atoms with Crippen molar-refractivity contribution >= 4 is 17.4 Å². The van der Waals surface area contributed by atoms with Crippen LogP contribution in [-0.4, -0.2) is 5.78 Å².